The summed E-state index contributed by atoms with van der Waals surface area (Å²) < 4.78 is 0. The van der Waals surface area contributed by atoms with E-state index in [9.17, 15) is 0 Å². The lowest BCUT2D eigenvalue weighted by atomic mass is 9.91. The highest BCUT2D eigenvalue weighted by Crippen LogP contribution is 2.23. The van der Waals surface area contributed by atoms with Gasteiger partial charge in [-0.1, -0.05) is 24.3 Å². The maximum absolute atomic E-state index is 3.50. The average molecular weight is 244 g/mol. The predicted molar refractivity (Wildman–Crippen MR) is 75.8 cm³/mol. The molecule has 2 aliphatic heterocycles. The number of likely N-dealkylation sites (tertiary alicyclic amines) is 1. The Kier molecular flexibility index (Phi) is 3.96. The van der Waals surface area contributed by atoms with Gasteiger partial charge in [0.1, 0.15) is 0 Å². The van der Waals surface area contributed by atoms with Crippen molar-refractivity contribution < 1.29 is 0 Å². The highest BCUT2D eigenvalue weighted by atomic mass is 15.1. The van der Waals surface area contributed by atoms with Crippen LogP contribution in [0.25, 0.3) is 0 Å². The molecule has 2 aliphatic rings. The minimum Gasteiger partial charge on any atom is -0.316 e. The van der Waals surface area contributed by atoms with E-state index in [0.717, 1.165) is 19.0 Å². The molecule has 1 aromatic rings. The first kappa shape index (κ1) is 12.2. The Labute approximate surface area is 110 Å². The lowest BCUT2D eigenvalue weighted by Crippen LogP contribution is -2.28. The first-order valence-electron chi connectivity index (χ1n) is 7.44. The molecule has 1 N–H and O–H groups in total. The van der Waals surface area contributed by atoms with Crippen molar-refractivity contribution in [3.63, 3.8) is 0 Å². The zero-order chi connectivity index (χ0) is 12.2. The van der Waals surface area contributed by atoms with Crippen LogP contribution >= 0.6 is 0 Å². The number of hydrogen-bond acceptors (Lipinski definition) is 2. The van der Waals surface area contributed by atoms with Gasteiger partial charge in [-0.05, 0) is 62.4 Å². The Morgan fingerprint density at radius 3 is 2.50 bits per heavy atom. The van der Waals surface area contributed by atoms with Gasteiger partial charge in [-0.2, -0.15) is 0 Å². The maximum atomic E-state index is 3.50. The third-order valence-electron chi connectivity index (χ3n) is 4.35. The number of piperidine rings is 1. The van der Waals surface area contributed by atoms with Crippen LogP contribution < -0.4 is 5.32 Å². The molecular formula is C16H24N2. The summed E-state index contributed by atoms with van der Waals surface area (Å²) in [6.07, 6.45) is 5.43. The monoisotopic (exact) mass is 244 g/mol. The topological polar surface area (TPSA) is 15.3 Å². The number of nitrogens with one attached hydrogen (secondary N) is 1. The summed E-state index contributed by atoms with van der Waals surface area (Å²) in [6.45, 7) is 6.07. The van der Waals surface area contributed by atoms with Gasteiger partial charge >= 0.3 is 0 Å². The Hall–Kier alpha value is -0.860. The van der Waals surface area contributed by atoms with Gasteiger partial charge in [-0.3, -0.25) is 4.90 Å². The van der Waals surface area contributed by atoms with Gasteiger partial charge in [0, 0.05) is 13.1 Å². The van der Waals surface area contributed by atoms with Crippen molar-refractivity contribution in [1.82, 2.24) is 10.2 Å². The molecule has 2 nitrogen and oxygen atoms in total. The summed E-state index contributed by atoms with van der Waals surface area (Å²) in [6, 6.07) is 9.37. The largest absolute Gasteiger partial charge is 0.316 e. The molecule has 1 atom stereocenters. The molecule has 18 heavy (non-hydrogen) atoms. The summed E-state index contributed by atoms with van der Waals surface area (Å²) in [7, 11) is 0. The van der Waals surface area contributed by atoms with E-state index in [4.69, 9.17) is 0 Å². The smallest absolute Gasteiger partial charge is 0.0233 e. The second-order valence-corrected chi connectivity index (χ2v) is 5.77. The third kappa shape index (κ3) is 2.93. The molecule has 0 radical (unpaired) electrons. The van der Waals surface area contributed by atoms with Crippen molar-refractivity contribution in [3.05, 3.63) is 35.4 Å². The van der Waals surface area contributed by atoms with Crippen LogP contribution in [0.4, 0.5) is 0 Å². The molecule has 0 aromatic heterocycles. The van der Waals surface area contributed by atoms with Crippen molar-refractivity contribution >= 4 is 0 Å². The lowest BCUT2D eigenvalue weighted by molar-refractivity contribution is 0.331. The predicted octanol–water partition coefficient (Wildman–Crippen LogP) is 2.75. The van der Waals surface area contributed by atoms with E-state index in [1.165, 1.54) is 56.4 Å². The van der Waals surface area contributed by atoms with Gasteiger partial charge in [0.2, 0.25) is 0 Å². The Morgan fingerprint density at radius 1 is 1.06 bits per heavy atom. The molecule has 3 rings (SSSR count). The Morgan fingerprint density at radius 2 is 1.83 bits per heavy atom. The first-order chi connectivity index (χ1) is 8.92. The van der Waals surface area contributed by atoms with Crippen LogP contribution in [0, 0.1) is 0 Å². The highest BCUT2D eigenvalue weighted by molar-refractivity contribution is 5.26. The van der Waals surface area contributed by atoms with Gasteiger partial charge < -0.3 is 5.32 Å². The fraction of sp³-hybridized carbons (Fsp3) is 0.625. The van der Waals surface area contributed by atoms with Gasteiger partial charge in [0.25, 0.3) is 0 Å². The zero-order valence-corrected chi connectivity index (χ0v) is 11.2. The normalized spacial score (nSPS) is 25.4. The van der Waals surface area contributed by atoms with E-state index >= 15 is 0 Å². The van der Waals surface area contributed by atoms with Crippen LogP contribution in [0.15, 0.2) is 24.3 Å². The van der Waals surface area contributed by atoms with Crippen LogP contribution in [0.2, 0.25) is 0 Å². The van der Waals surface area contributed by atoms with Crippen LogP contribution in [-0.2, 0) is 6.54 Å². The molecule has 2 saturated heterocycles. The summed E-state index contributed by atoms with van der Waals surface area (Å²) in [5.41, 5.74) is 3.00. The van der Waals surface area contributed by atoms with Crippen molar-refractivity contribution in [2.24, 2.45) is 0 Å². The van der Waals surface area contributed by atoms with Crippen molar-refractivity contribution in [2.45, 2.75) is 38.1 Å². The fourth-order valence-electron chi connectivity index (χ4n) is 3.23. The molecule has 2 heterocycles. The van der Waals surface area contributed by atoms with Crippen LogP contribution in [-0.4, -0.2) is 31.1 Å². The van der Waals surface area contributed by atoms with Crippen LogP contribution in [0.5, 0.6) is 0 Å². The van der Waals surface area contributed by atoms with Crippen LogP contribution in [0.1, 0.15) is 42.7 Å². The first-order valence-corrected chi connectivity index (χ1v) is 7.44. The lowest BCUT2D eigenvalue weighted by Gasteiger charge is -2.23. The molecule has 2 heteroatoms. The fourth-order valence-corrected chi connectivity index (χ4v) is 3.23. The molecule has 0 saturated carbocycles. The maximum Gasteiger partial charge on any atom is 0.0233 e. The number of hydrogen-bond donors (Lipinski definition) is 1. The number of nitrogens with zero attached hydrogens (tertiary/aromatic N) is 1. The second kappa shape index (κ2) is 5.85. The quantitative estimate of drug-likeness (QED) is 0.879. The SMILES string of the molecule is c1cc(C2CCCNC2)ccc1CN1CCCC1. The standard InChI is InChI=1S/C16H24N2/c1-2-11-18(10-1)13-14-5-7-15(8-6-14)16-4-3-9-17-12-16/h5-8,16-17H,1-4,9-13H2. The zero-order valence-electron chi connectivity index (χ0n) is 11.2. The van der Waals surface area contributed by atoms with Crippen molar-refractivity contribution in [2.75, 3.05) is 26.2 Å². The number of benzene rings is 1. The molecule has 0 amide bonds. The Bertz CT molecular complexity index is 359. The van der Waals surface area contributed by atoms with Crippen molar-refractivity contribution in [3.8, 4) is 0 Å². The van der Waals surface area contributed by atoms with Crippen molar-refractivity contribution in [1.29, 1.82) is 0 Å². The van der Waals surface area contributed by atoms with Gasteiger partial charge in [0.15, 0.2) is 0 Å². The highest BCUT2D eigenvalue weighted by Gasteiger charge is 2.15. The minimum atomic E-state index is 0.736. The van der Waals surface area contributed by atoms with Gasteiger partial charge in [0.05, 0.1) is 0 Å². The van der Waals surface area contributed by atoms with E-state index in [0.29, 0.717) is 0 Å². The minimum absolute atomic E-state index is 0.736. The number of rotatable bonds is 3. The molecule has 1 aromatic carbocycles. The molecule has 0 bridgehead atoms. The van der Waals surface area contributed by atoms with Gasteiger partial charge in [-0.15, -0.1) is 0 Å². The van der Waals surface area contributed by atoms with E-state index in [-0.39, 0.29) is 0 Å². The molecule has 0 spiro atoms. The molecule has 2 fully saturated rings. The molecule has 1 unspecified atom stereocenters. The third-order valence-corrected chi connectivity index (χ3v) is 4.35. The van der Waals surface area contributed by atoms with Gasteiger partial charge in [-0.25, -0.2) is 0 Å². The van der Waals surface area contributed by atoms with E-state index in [1.807, 2.05) is 0 Å². The van der Waals surface area contributed by atoms with E-state index in [2.05, 4.69) is 34.5 Å². The van der Waals surface area contributed by atoms with E-state index in [1.54, 1.807) is 0 Å². The Balaban J connectivity index is 1.60. The summed E-state index contributed by atoms with van der Waals surface area (Å²) in [4.78, 5) is 2.57. The summed E-state index contributed by atoms with van der Waals surface area (Å²) >= 11 is 0. The van der Waals surface area contributed by atoms with E-state index < -0.39 is 0 Å². The molecular weight excluding hydrogens is 220 g/mol. The summed E-state index contributed by atoms with van der Waals surface area (Å²) in [5.74, 6) is 0.736. The second-order valence-electron chi connectivity index (χ2n) is 5.77. The molecule has 98 valence electrons. The summed E-state index contributed by atoms with van der Waals surface area (Å²) in [5, 5.41) is 3.50. The molecule has 0 aliphatic carbocycles. The van der Waals surface area contributed by atoms with Crippen LogP contribution in [0.3, 0.4) is 0 Å². The average Bonchev–Trinajstić information content (AvgIpc) is 2.94.